The first-order valence-corrected chi connectivity index (χ1v) is 13.3. The van der Waals surface area contributed by atoms with Gasteiger partial charge >= 0.3 is 0 Å². The highest BCUT2D eigenvalue weighted by Crippen LogP contribution is 2.32. The third kappa shape index (κ3) is 5.33. The molecule has 0 radical (unpaired) electrons. The Labute approximate surface area is 221 Å². The summed E-state index contributed by atoms with van der Waals surface area (Å²) in [5.41, 5.74) is 4.02. The summed E-state index contributed by atoms with van der Waals surface area (Å²) in [7, 11) is 0. The van der Waals surface area contributed by atoms with Crippen LogP contribution in [0.2, 0.25) is 0 Å². The highest BCUT2D eigenvalue weighted by Gasteiger charge is 2.25. The molecular formula is C29H32N6O3. The van der Waals surface area contributed by atoms with Gasteiger partial charge in [0.1, 0.15) is 11.6 Å². The Bertz CT molecular complexity index is 1440. The van der Waals surface area contributed by atoms with Crippen LogP contribution in [0.25, 0.3) is 16.8 Å². The van der Waals surface area contributed by atoms with Crippen LogP contribution in [0.4, 0.5) is 5.82 Å². The van der Waals surface area contributed by atoms with Gasteiger partial charge in [-0.3, -0.25) is 9.78 Å². The van der Waals surface area contributed by atoms with Crippen LogP contribution >= 0.6 is 0 Å². The molecule has 2 aliphatic rings. The van der Waals surface area contributed by atoms with Crippen molar-refractivity contribution < 1.29 is 14.6 Å². The third-order valence-corrected chi connectivity index (χ3v) is 7.39. The first kappa shape index (κ1) is 24.4. The first-order valence-electron chi connectivity index (χ1n) is 13.3. The standard InChI is InChI=1S/C29H32N6O3/c1-18-13-20(6-11-24(18)29(37)33-21-7-8-21)25-17-32-35-26(31-15-19-4-9-22(36)10-5-19)14-27(34-28(25)35)38-23-3-2-12-30-16-23/h2-3,6,11-14,16-17,19,21-22,31,36H,4-5,7-10,15H2,1H3,(H,33,37)/t19-,22-. The Morgan fingerprint density at radius 1 is 1.11 bits per heavy atom. The summed E-state index contributed by atoms with van der Waals surface area (Å²) in [5.74, 6) is 2.27. The molecule has 0 saturated heterocycles. The van der Waals surface area contributed by atoms with Crippen molar-refractivity contribution in [3.05, 3.63) is 66.1 Å². The monoisotopic (exact) mass is 512 g/mol. The molecule has 0 unspecified atom stereocenters. The number of rotatable bonds is 8. The summed E-state index contributed by atoms with van der Waals surface area (Å²) in [6.07, 6.45) is 10.7. The molecule has 1 amide bonds. The molecule has 0 spiro atoms. The number of carbonyl (C=O) groups is 1. The molecule has 2 aliphatic carbocycles. The van der Waals surface area contributed by atoms with Crippen LogP contribution < -0.4 is 15.4 Å². The Morgan fingerprint density at radius 2 is 1.95 bits per heavy atom. The molecule has 196 valence electrons. The fraction of sp³-hybridized carbons (Fsp3) is 0.379. The van der Waals surface area contributed by atoms with Crippen molar-refractivity contribution in [1.29, 1.82) is 0 Å². The zero-order valence-electron chi connectivity index (χ0n) is 21.4. The van der Waals surface area contributed by atoms with Crippen LogP contribution in [0.3, 0.4) is 0 Å². The van der Waals surface area contributed by atoms with E-state index in [4.69, 9.17) is 9.72 Å². The highest BCUT2D eigenvalue weighted by molar-refractivity contribution is 5.97. The number of aryl methyl sites for hydroxylation is 1. The van der Waals surface area contributed by atoms with Gasteiger partial charge in [0.25, 0.3) is 5.91 Å². The Morgan fingerprint density at radius 3 is 2.68 bits per heavy atom. The molecule has 0 aliphatic heterocycles. The van der Waals surface area contributed by atoms with Gasteiger partial charge in [0, 0.05) is 36.0 Å². The van der Waals surface area contributed by atoms with Gasteiger partial charge in [-0.25, -0.2) is 0 Å². The molecule has 3 N–H and O–H groups in total. The average molecular weight is 513 g/mol. The lowest BCUT2D eigenvalue weighted by molar-refractivity contribution is 0.0950. The predicted octanol–water partition coefficient (Wildman–Crippen LogP) is 4.75. The van der Waals surface area contributed by atoms with Crippen molar-refractivity contribution in [3.8, 4) is 22.8 Å². The number of aromatic nitrogens is 4. The molecule has 9 nitrogen and oxygen atoms in total. The lowest BCUT2D eigenvalue weighted by Crippen LogP contribution is -2.26. The van der Waals surface area contributed by atoms with Crippen LogP contribution in [-0.4, -0.2) is 49.3 Å². The second-order valence-corrected chi connectivity index (χ2v) is 10.4. The van der Waals surface area contributed by atoms with Crippen molar-refractivity contribution in [3.63, 3.8) is 0 Å². The molecule has 3 heterocycles. The van der Waals surface area contributed by atoms with Crippen molar-refractivity contribution in [2.45, 2.75) is 57.6 Å². The van der Waals surface area contributed by atoms with Crippen molar-refractivity contribution in [2.24, 2.45) is 5.92 Å². The number of hydrogen-bond acceptors (Lipinski definition) is 7. The van der Waals surface area contributed by atoms with Gasteiger partial charge in [0.15, 0.2) is 5.65 Å². The van der Waals surface area contributed by atoms with E-state index in [9.17, 15) is 9.90 Å². The van der Waals surface area contributed by atoms with Gasteiger partial charge in [-0.2, -0.15) is 14.6 Å². The zero-order chi connectivity index (χ0) is 26.1. The molecule has 6 rings (SSSR count). The van der Waals surface area contributed by atoms with Crippen LogP contribution in [0.1, 0.15) is 54.4 Å². The van der Waals surface area contributed by atoms with Crippen LogP contribution in [0.5, 0.6) is 11.6 Å². The lowest BCUT2D eigenvalue weighted by Gasteiger charge is -2.25. The van der Waals surface area contributed by atoms with E-state index < -0.39 is 0 Å². The summed E-state index contributed by atoms with van der Waals surface area (Å²) in [4.78, 5) is 21.6. The lowest BCUT2D eigenvalue weighted by atomic mass is 9.87. The molecule has 0 atom stereocenters. The highest BCUT2D eigenvalue weighted by atomic mass is 16.5. The summed E-state index contributed by atoms with van der Waals surface area (Å²) >= 11 is 0. The van der Waals surface area contributed by atoms with Gasteiger partial charge in [0.2, 0.25) is 5.88 Å². The fourth-order valence-corrected chi connectivity index (χ4v) is 5.03. The number of nitrogens with one attached hydrogen (secondary N) is 2. The Kier molecular flexibility index (Phi) is 6.68. The predicted molar refractivity (Wildman–Crippen MR) is 144 cm³/mol. The maximum Gasteiger partial charge on any atom is 0.251 e. The summed E-state index contributed by atoms with van der Waals surface area (Å²) in [6, 6.07) is 11.7. The number of anilines is 1. The fourth-order valence-electron chi connectivity index (χ4n) is 5.03. The number of ether oxygens (including phenoxy) is 1. The number of nitrogens with zero attached hydrogens (tertiary/aromatic N) is 4. The number of carbonyl (C=O) groups excluding carboxylic acids is 1. The number of aliphatic hydroxyl groups excluding tert-OH is 1. The molecular weight excluding hydrogens is 480 g/mol. The molecule has 2 saturated carbocycles. The molecule has 38 heavy (non-hydrogen) atoms. The van der Waals surface area contributed by atoms with Gasteiger partial charge in [-0.15, -0.1) is 0 Å². The number of amides is 1. The SMILES string of the molecule is Cc1cc(-c2cnn3c(NC[C@H]4CC[C@H](O)CC4)cc(Oc4cccnc4)nc23)ccc1C(=O)NC1CC1. The minimum Gasteiger partial charge on any atom is -0.437 e. The Hall–Kier alpha value is -3.98. The number of benzene rings is 1. The second-order valence-electron chi connectivity index (χ2n) is 10.4. The van der Waals surface area contributed by atoms with E-state index in [1.54, 1.807) is 23.1 Å². The molecule has 2 fully saturated rings. The third-order valence-electron chi connectivity index (χ3n) is 7.39. The smallest absolute Gasteiger partial charge is 0.251 e. The van der Waals surface area contributed by atoms with E-state index in [-0.39, 0.29) is 12.0 Å². The maximum atomic E-state index is 12.6. The van der Waals surface area contributed by atoms with E-state index in [0.717, 1.165) is 67.6 Å². The minimum absolute atomic E-state index is 0.0246. The van der Waals surface area contributed by atoms with E-state index in [0.29, 0.717) is 34.8 Å². The van der Waals surface area contributed by atoms with E-state index in [2.05, 4.69) is 20.7 Å². The molecule has 4 aromatic rings. The van der Waals surface area contributed by atoms with Gasteiger partial charge in [-0.05, 0) is 80.7 Å². The Balaban J connectivity index is 1.32. The molecule has 0 bridgehead atoms. The molecule has 9 heteroatoms. The van der Waals surface area contributed by atoms with E-state index >= 15 is 0 Å². The first-order chi connectivity index (χ1) is 18.5. The second kappa shape index (κ2) is 10.4. The van der Waals surface area contributed by atoms with E-state index in [1.807, 2.05) is 43.3 Å². The largest absolute Gasteiger partial charge is 0.437 e. The molecule has 3 aromatic heterocycles. The summed E-state index contributed by atoms with van der Waals surface area (Å²) < 4.78 is 7.87. The van der Waals surface area contributed by atoms with Gasteiger partial charge < -0.3 is 20.5 Å². The van der Waals surface area contributed by atoms with Crippen molar-refractivity contribution in [1.82, 2.24) is 24.9 Å². The number of hydrogen-bond donors (Lipinski definition) is 3. The normalized spacial score (nSPS) is 19.3. The topological polar surface area (TPSA) is 114 Å². The maximum absolute atomic E-state index is 12.6. The number of aliphatic hydroxyl groups is 1. The number of fused-ring (bicyclic) bond motifs is 1. The molecule has 1 aromatic carbocycles. The van der Waals surface area contributed by atoms with Gasteiger partial charge in [-0.1, -0.05) is 12.1 Å². The van der Waals surface area contributed by atoms with Crippen LogP contribution in [0, 0.1) is 12.8 Å². The van der Waals surface area contributed by atoms with Gasteiger partial charge in [0.05, 0.1) is 18.5 Å². The summed E-state index contributed by atoms with van der Waals surface area (Å²) in [6.45, 7) is 2.73. The van der Waals surface area contributed by atoms with Crippen molar-refractivity contribution in [2.75, 3.05) is 11.9 Å². The van der Waals surface area contributed by atoms with Crippen molar-refractivity contribution >= 4 is 17.4 Å². The summed E-state index contributed by atoms with van der Waals surface area (Å²) in [5, 5.41) is 21.1. The van der Waals surface area contributed by atoms with E-state index in [1.165, 1.54) is 0 Å². The average Bonchev–Trinajstić information content (AvgIpc) is 3.63. The minimum atomic E-state index is -0.179. The number of pyridine rings is 1. The van der Waals surface area contributed by atoms with Crippen LogP contribution in [0.15, 0.2) is 55.0 Å². The quantitative estimate of drug-likeness (QED) is 0.312. The van der Waals surface area contributed by atoms with Crippen LogP contribution in [-0.2, 0) is 0 Å². The zero-order valence-corrected chi connectivity index (χ0v) is 21.4.